The lowest BCUT2D eigenvalue weighted by Gasteiger charge is -2.10. The molecule has 0 saturated heterocycles. The molecule has 8 heteroatoms. The number of carbonyl (C=O) groups is 3. The summed E-state index contributed by atoms with van der Waals surface area (Å²) in [4.78, 5) is 36.0. The summed E-state index contributed by atoms with van der Waals surface area (Å²) in [6.45, 7) is 1.86. The monoisotopic (exact) mass is 436 g/mol. The maximum Gasteiger partial charge on any atom is 0.513 e. The van der Waals surface area contributed by atoms with Gasteiger partial charge in [-0.1, -0.05) is 18.2 Å². The second kappa shape index (κ2) is 10.7. The third-order valence-corrected chi connectivity index (χ3v) is 4.24. The van der Waals surface area contributed by atoms with Crippen LogP contribution in [0.25, 0.3) is 0 Å². The number of benzene rings is 3. The fourth-order valence-electron chi connectivity index (χ4n) is 2.83. The molecule has 0 aliphatic carbocycles. The highest BCUT2D eigenvalue weighted by molar-refractivity contribution is 6.04. The molecule has 0 radical (unpaired) electrons. The molecule has 2 amide bonds. The van der Waals surface area contributed by atoms with E-state index in [0.717, 1.165) is 0 Å². The zero-order valence-electron chi connectivity index (χ0n) is 17.3. The van der Waals surface area contributed by atoms with E-state index in [2.05, 4.69) is 10.6 Å². The van der Waals surface area contributed by atoms with Crippen LogP contribution in [0.4, 0.5) is 20.6 Å². The van der Waals surface area contributed by atoms with Gasteiger partial charge in [0.2, 0.25) is 5.91 Å². The van der Waals surface area contributed by atoms with Gasteiger partial charge in [0, 0.05) is 16.9 Å². The van der Waals surface area contributed by atoms with Crippen LogP contribution in [0, 0.1) is 5.82 Å². The smallest absolute Gasteiger partial charge is 0.434 e. The Morgan fingerprint density at radius 3 is 2.25 bits per heavy atom. The Morgan fingerprint density at radius 2 is 1.56 bits per heavy atom. The number of halogens is 1. The van der Waals surface area contributed by atoms with Crippen molar-refractivity contribution in [2.45, 2.75) is 13.3 Å². The van der Waals surface area contributed by atoms with E-state index in [1.165, 1.54) is 36.4 Å². The Morgan fingerprint density at radius 1 is 0.875 bits per heavy atom. The zero-order chi connectivity index (χ0) is 22.9. The van der Waals surface area contributed by atoms with Crippen molar-refractivity contribution >= 4 is 29.3 Å². The quantitative estimate of drug-likeness (QED) is 0.410. The van der Waals surface area contributed by atoms with Crippen LogP contribution >= 0.6 is 0 Å². The molecule has 3 rings (SSSR count). The standard InChI is InChI=1S/C24H21FN2O5/c1-2-31-24(30)32-21-11-9-17(10-12-21)23(29)27-20-8-4-7-19(15-20)26-22(28)14-16-5-3-6-18(25)13-16/h3-13,15H,2,14H2,1H3,(H,26,28)(H,27,29). The first kappa shape index (κ1) is 22.5. The van der Waals surface area contributed by atoms with Gasteiger partial charge in [-0.2, -0.15) is 0 Å². The normalized spacial score (nSPS) is 10.2. The van der Waals surface area contributed by atoms with Crippen LogP contribution in [-0.2, 0) is 16.0 Å². The molecule has 0 aliphatic rings. The second-order valence-electron chi connectivity index (χ2n) is 6.70. The van der Waals surface area contributed by atoms with Crippen LogP contribution in [-0.4, -0.2) is 24.6 Å². The van der Waals surface area contributed by atoms with Gasteiger partial charge < -0.3 is 20.1 Å². The average molecular weight is 436 g/mol. The maximum atomic E-state index is 13.3. The highest BCUT2D eigenvalue weighted by Gasteiger charge is 2.10. The number of hydrogen-bond donors (Lipinski definition) is 2. The Balaban J connectivity index is 1.58. The minimum Gasteiger partial charge on any atom is -0.434 e. The fourth-order valence-corrected chi connectivity index (χ4v) is 2.83. The molecule has 32 heavy (non-hydrogen) atoms. The van der Waals surface area contributed by atoms with Gasteiger partial charge in [0.15, 0.2) is 0 Å². The number of ether oxygens (including phenoxy) is 2. The van der Waals surface area contributed by atoms with Gasteiger partial charge in [0.25, 0.3) is 5.91 Å². The van der Waals surface area contributed by atoms with Crippen LogP contribution in [0.5, 0.6) is 5.75 Å². The first-order valence-corrected chi connectivity index (χ1v) is 9.83. The summed E-state index contributed by atoms with van der Waals surface area (Å²) in [6, 6.07) is 18.5. The molecule has 0 spiro atoms. The van der Waals surface area contributed by atoms with E-state index in [1.807, 2.05) is 0 Å². The van der Waals surface area contributed by atoms with Crippen molar-refractivity contribution in [3.63, 3.8) is 0 Å². The first-order valence-electron chi connectivity index (χ1n) is 9.83. The van der Waals surface area contributed by atoms with Crippen molar-refractivity contribution in [1.29, 1.82) is 0 Å². The van der Waals surface area contributed by atoms with Crippen molar-refractivity contribution in [2.24, 2.45) is 0 Å². The summed E-state index contributed by atoms with van der Waals surface area (Å²) >= 11 is 0. The number of rotatable bonds is 7. The molecule has 7 nitrogen and oxygen atoms in total. The Bertz CT molecular complexity index is 1120. The van der Waals surface area contributed by atoms with E-state index >= 15 is 0 Å². The minimum atomic E-state index is -0.819. The number of anilines is 2. The van der Waals surface area contributed by atoms with Crippen LogP contribution in [0.15, 0.2) is 72.8 Å². The van der Waals surface area contributed by atoms with Crippen LogP contribution in [0.3, 0.4) is 0 Å². The van der Waals surface area contributed by atoms with Gasteiger partial charge in [-0.15, -0.1) is 0 Å². The predicted octanol–water partition coefficient (Wildman–Crippen LogP) is 4.79. The van der Waals surface area contributed by atoms with Gasteiger partial charge in [-0.05, 0) is 67.1 Å². The summed E-state index contributed by atoms with van der Waals surface area (Å²) in [5.74, 6) is -0.837. The topological polar surface area (TPSA) is 93.7 Å². The largest absolute Gasteiger partial charge is 0.513 e. The molecule has 0 saturated carbocycles. The lowest BCUT2D eigenvalue weighted by Crippen LogP contribution is -2.15. The minimum absolute atomic E-state index is 0.0224. The summed E-state index contributed by atoms with van der Waals surface area (Å²) in [7, 11) is 0. The third kappa shape index (κ3) is 6.66. The summed E-state index contributed by atoms with van der Waals surface area (Å²) in [5, 5.41) is 5.46. The Hall–Kier alpha value is -4.20. The highest BCUT2D eigenvalue weighted by atomic mass is 19.1. The molecule has 0 aliphatic heterocycles. The number of amides is 2. The van der Waals surface area contributed by atoms with Gasteiger partial charge in [-0.3, -0.25) is 9.59 Å². The lowest BCUT2D eigenvalue weighted by molar-refractivity contribution is -0.115. The summed E-state index contributed by atoms with van der Waals surface area (Å²) in [6.07, 6.45) is -0.796. The number of nitrogens with one attached hydrogen (secondary N) is 2. The van der Waals surface area contributed by atoms with Gasteiger partial charge >= 0.3 is 6.16 Å². The average Bonchev–Trinajstić information content (AvgIpc) is 2.74. The Labute approximate surface area is 184 Å². The van der Waals surface area contributed by atoms with E-state index in [4.69, 9.17) is 9.47 Å². The van der Waals surface area contributed by atoms with E-state index in [-0.39, 0.29) is 30.6 Å². The van der Waals surface area contributed by atoms with E-state index in [9.17, 15) is 18.8 Å². The van der Waals surface area contributed by atoms with Crippen LogP contribution in [0.2, 0.25) is 0 Å². The number of hydrogen-bond acceptors (Lipinski definition) is 5. The van der Waals surface area contributed by atoms with Crippen molar-refractivity contribution in [3.8, 4) is 5.75 Å². The van der Waals surface area contributed by atoms with Crippen LogP contribution in [0.1, 0.15) is 22.8 Å². The molecular formula is C24H21FN2O5. The number of carbonyl (C=O) groups excluding carboxylic acids is 3. The van der Waals surface area contributed by atoms with E-state index in [0.29, 0.717) is 22.5 Å². The van der Waals surface area contributed by atoms with Gasteiger partial charge in [0.05, 0.1) is 13.0 Å². The zero-order valence-corrected chi connectivity index (χ0v) is 17.3. The molecular weight excluding hydrogens is 415 g/mol. The first-order chi connectivity index (χ1) is 15.4. The molecule has 164 valence electrons. The van der Waals surface area contributed by atoms with Gasteiger partial charge in [-0.25, -0.2) is 9.18 Å². The van der Waals surface area contributed by atoms with Crippen LogP contribution < -0.4 is 15.4 Å². The third-order valence-electron chi connectivity index (χ3n) is 4.24. The molecule has 0 atom stereocenters. The molecule has 2 N–H and O–H groups in total. The molecule has 0 unspecified atom stereocenters. The van der Waals surface area contributed by atoms with E-state index < -0.39 is 12.0 Å². The molecule has 0 bridgehead atoms. The Kier molecular flexibility index (Phi) is 7.53. The van der Waals surface area contributed by atoms with Crippen molar-refractivity contribution in [1.82, 2.24) is 0 Å². The fraction of sp³-hybridized carbons (Fsp3) is 0.125. The molecule has 0 aromatic heterocycles. The molecule has 3 aromatic carbocycles. The highest BCUT2D eigenvalue weighted by Crippen LogP contribution is 2.18. The predicted molar refractivity (Wildman–Crippen MR) is 117 cm³/mol. The molecule has 0 fully saturated rings. The van der Waals surface area contributed by atoms with Crippen molar-refractivity contribution < 1.29 is 28.2 Å². The summed E-state index contributed by atoms with van der Waals surface area (Å²) in [5.41, 5.74) is 1.87. The SMILES string of the molecule is CCOC(=O)Oc1ccc(C(=O)Nc2cccc(NC(=O)Cc3cccc(F)c3)c2)cc1. The lowest BCUT2D eigenvalue weighted by atomic mass is 10.1. The summed E-state index contributed by atoms with van der Waals surface area (Å²) < 4.78 is 22.9. The second-order valence-corrected chi connectivity index (χ2v) is 6.70. The molecule has 0 heterocycles. The molecule has 3 aromatic rings. The maximum absolute atomic E-state index is 13.3. The van der Waals surface area contributed by atoms with Crippen molar-refractivity contribution in [2.75, 3.05) is 17.2 Å². The van der Waals surface area contributed by atoms with Crippen molar-refractivity contribution in [3.05, 3.63) is 89.7 Å². The van der Waals surface area contributed by atoms with Gasteiger partial charge in [0.1, 0.15) is 11.6 Å². The van der Waals surface area contributed by atoms with E-state index in [1.54, 1.807) is 43.3 Å².